The topological polar surface area (TPSA) is 81.8 Å². The second-order valence-electron chi connectivity index (χ2n) is 6.68. The van der Waals surface area contributed by atoms with Gasteiger partial charge in [0.2, 0.25) is 0 Å². The molecular formula is C21H17BrFN5O2. The van der Waals surface area contributed by atoms with Crippen LogP contribution in [0.15, 0.2) is 70.3 Å². The molecule has 0 atom stereocenters. The van der Waals surface area contributed by atoms with Crippen molar-refractivity contribution in [2.45, 2.75) is 13.1 Å². The lowest BCUT2D eigenvalue weighted by Crippen LogP contribution is -2.27. The molecule has 0 saturated heterocycles. The quantitative estimate of drug-likeness (QED) is 0.470. The van der Waals surface area contributed by atoms with Gasteiger partial charge < -0.3 is 5.32 Å². The predicted molar refractivity (Wildman–Crippen MR) is 114 cm³/mol. The highest BCUT2D eigenvalue weighted by Crippen LogP contribution is 2.11. The molecule has 2 aromatic carbocycles. The molecule has 2 aromatic heterocycles. The minimum Gasteiger partial charge on any atom is -0.350 e. The summed E-state index contributed by atoms with van der Waals surface area (Å²) in [6.07, 6.45) is 2.92. The third-order valence-electron chi connectivity index (χ3n) is 4.58. The normalized spacial score (nSPS) is 11.0. The number of carbonyl (C=O) groups excluding carboxylic acids is 1. The maximum absolute atomic E-state index is 13.1. The molecule has 9 heteroatoms. The first-order valence-corrected chi connectivity index (χ1v) is 10.00. The van der Waals surface area contributed by atoms with Crippen molar-refractivity contribution in [2.75, 3.05) is 6.54 Å². The van der Waals surface area contributed by atoms with E-state index in [1.54, 1.807) is 35.0 Å². The molecule has 1 amide bonds. The minimum absolute atomic E-state index is 0.192. The van der Waals surface area contributed by atoms with Crippen molar-refractivity contribution in [2.24, 2.45) is 0 Å². The van der Waals surface area contributed by atoms with Gasteiger partial charge in [-0.05, 0) is 35.9 Å². The van der Waals surface area contributed by atoms with Crippen LogP contribution in [-0.2, 0) is 13.1 Å². The van der Waals surface area contributed by atoms with Crippen LogP contribution in [-0.4, -0.2) is 31.8 Å². The first kappa shape index (κ1) is 20.0. The Morgan fingerprint density at radius 1 is 1.17 bits per heavy atom. The summed E-state index contributed by atoms with van der Waals surface area (Å²) in [6.45, 7) is 0.996. The van der Waals surface area contributed by atoms with E-state index < -0.39 is 0 Å². The van der Waals surface area contributed by atoms with Crippen molar-refractivity contribution in [3.05, 3.63) is 92.8 Å². The van der Waals surface area contributed by atoms with Crippen LogP contribution < -0.4 is 10.9 Å². The summed E-state index contributed by atoms with van der Waals surface area (Å²) in [6, 6.07) is 13.1. The molecule has 4 rings (SSSR count). The number of rotatable bonds is 6. The van der Waals surface area contributed by atoms with E-state index in [-0.39, 0.29) is 23.8 Å². The maximum Gasteiger partial charge on any atom is 0.264 e. The van der Waals surface area contributed by atoms with Crippen LogP contribution in [0.2, 0.25) is 0 Å². The number of fused-ring (bicyclic) bond motifs is 1. The van der Waals surface area contributed by atoms with Crippen molar-refractivity contribution >= 4 is 32.9 Å². The zero-order valence-corrected chi connectivity index (χ0v) is 17.3. The van der Waals surface area contributed by atoms with E-state index in [1.807, 2.05) is 6.07 Å². The zero-order chi connectivity index (χ0) is 21.1. The molecule has 0 aliphatic carbocycles. The fourth-order valence-electron chi connectivity index (χ4n) is 3.07. The molecule has 0 aliphatic heterocycles. The summed E-state index contributed by atoms with van der Waals surface area (Å²) in [4.78, 5) is 29.3. The molecule has 152 valence electrons. The molecule has 0 spiro atoms. The largest absolute Gasteiger partial charge is 0.350 e. The molecule has 0 bridgehead atoms. The number of amides is 1. The summed E-state index contributed by atoms with van der Waals surface area (Å²) in [5, 5.41) is 7.45. The van der Waals surface area contributed by atoms with E-state index in [0.717, 1.165) is 10.0 Å². The third-order valence-corrected chi connectivity index (χ3v) is 5.08. The number of hydrogen-bond donors (Lipinski definition) is 1. The fourth-order valence-corrected chi connectivity index (χ4v) is 3.47. The van der Waals surface area contributed by atoms with Crippen LogP contribution in [0.25, 0.3) is 11.0 Å². The summed E-state index contributed by atoms with van der Waals surface area (Å²) in [5.74, 6) is -0.518. The van der Waals surface area contributed by atoms with Crippen LogP contribution in [0, 0.1) is 5.82 Å². The lowest BCUT2D eigenvalue weighted by atomic mass is 10.2. The molecule has 30 heavy (non-hydrogen) atoms. The molecule has 0 fully saturated rings. The number of aromatic nitrogens is 4. The van der Waals surface area contributed by atoms with Crippen molar-refractivity contribution < 1.29 is 9.18 Å². The fraction of sp³-hybridized carbons (Fsp3) is 0.143. The summed E-state index contributed by atoms with van der Waals surface area (Å²) in [5.41, 5.74) is 1.57. The monoisotopic (exact) mass is 469 g/mol. The highest BCUT2D eigenvalue weighted by molar-refractivity contribution is 9.10. The Bertz CT molecular complexity index is 1270. The molecule has 0 saturated carbocycles. The molecule has 1 N–H and O–H groups in total. The number of nitrogens with zero attached hydrogens (tertiary/aromatic N) is 4. The average molecular weight is 470 g/mol. The number of carbonyl (C=O) groups is 1. The minimum atomic E-state index is -0.326. The van der Waals surface area contributed by atoms with Gasteiger partial charge in [-0.1, -0.05) is 34.1 Å². The van der Waals surface area contributed by atoms with E-state index in [0.29, 0.717) is 29.7 Å². The number of nitrogens with one attached hydrogen (secondary N) is 1. The van der Waals surface area contributed by atoms with E-state index in [9.17, 15) is 14.0 Å². The van der Waals surface area contributed by atoms with Gasteiger partial charge in [0, 0.05) is 16.6 Å². The Morgan fingerprint density at radius 3 is 2.73 bits per heavy atom. The maximum atomic E-state index is 13.1. The second-order valence-corrected chi connectivity index (χ2v) is 7.59. The van der Waals surface area contributed by atoms with Gasteiger partial charge in [-0.2, -0.15) is 5.10 Å². The molecule has 0 aliphatic rings. The highest BCUT2D eigenvalue weighted by atomic mass is 79.9. The Kier molecular flexibility index (Phi) is 5.71. The van der Waals surface area contributed by atoms with Gasteiger partial charge >= 0.3 is 0 Å². The zero-order valence-electron chi connectivity index (χ0n) is 15.8. The van der Waals surface area contributed by atoms with Crippen LogP contribution in [0.4, 0.5) is 4.39 Å². The molecule has 2 heterocycles. The lowest BCUT2D eigenvalue weighted by Gasteiger charge is -2.08. The number of benzene rings is 2. The van der Waals surface area contributed by atoms with Gasteiger partial charge in [0.1, 0.15) is 17.5 Å². The number of halogens is 2. The first-order valence-electron chi connectivity index (χ1n) is 9.20. The van der Waals surface area contributed by atoms with E-state index >= 15 is 0 Å². The van der Waals surface area contributed by atoms with Gasteiger partial charge in [0.15, 0.2) is 5.65 Å². The van der Waals surface area contributed by atoms with Crippen molar-refractivity contribution in [1.82, 2.24) is 24.6 Å². The van der Waals surface area contributed by atoms with E-state index in [1.165, 1.54) is 29.2 Å². The van der Waals surface area contributed by atoms with Crippen molar-refractivity contribution in [3.8, 4) is 0 Å². The van der Waals surface area contributed by atoms with Crippen molar-refractivity contribution in [3.63, 3.8) is 0 Å². The Labute approximate surface area is 179 Å². The SMILES string of the molecule is O=C(NCCn1ncc2c(=O)n(Cc3ccc(F)cc3)cnc21)c1cccc(Br)c1. The van der Waals surface area contributed by atoms with E-state index in [2.05, 4.69) is 31.3 Å². The second kappa shape index (κ2) is 8.58. The summed E-state index contributed by atoms with van der Waals surface area (Å²) in [7, 11) is 0. The van der Waals surface area contributed by atoms with Crippen LogP contribution in [0.1, 0.15) is 15.9 Å². The third kappa shape index (κ3) is 4.30. The predicted octanol–water partition coefficient (Wildman–Crippen LogP) is 2.97. The first-order chi connectivity index (χ1) is 14.5. The Hall–Kier alpha value is -3.33. The molecule has 4 aromatic rings. The van der Waals surface area contributed by atoms with Crippen molar-refractivity contribution in [1.29, 1.82) is 0 Å². The van der Waals surface area contributed by atoms with Crippen LogP contribution in [0.3, 0.4) is 0 Å². The standard InChI is InChI=1S/C21H17BrFN5O2/c22-16-3-1-2-15(10-16)20(29)24-8-9-28-19-18(11-26-28)21(30)27(13-25-19)12-14-4-6-17(23)7-5-14/h1-7,10-11,13H,8-9,12H2,(H,24,29). The van der Waals surface area contributed by atoms with Crippen LogP contribution in [0.5, 0.6) is 0 Å². The van der Waals surface area contributed by atoms with Crippen LogP contribution >= 0.6 is 15.9 Å². The lowest BCUT2D eigenvalue weighted by molar-refractivity contribution is 0.0952. The average Bonchev–Trinajstić information content (AvgIpc) is 3.15. The summed E-state index contributed by atoms with van der Waals surface area (Å²) < 4.78 is 16.9. The molecule has 0 unspecified atom stereocenters. The Morgan fingerprint density at radius 2 is 1.97 bits per heavy atom. The molecular weight excluding hydrogens is 453 g/mol. The molecule has 7 nitrogen and oxygen atoms in total. The van der Waals surface area contributed by atoms with E-state index in [4.69, 9.17) is 0 Å². The number of hydrogen-bond acceptors (Lipinski definition) is 4. The highest BCUT2D eigenvalue weighted by Gasteiger charge is 2.11. The smallest absolute Gasteiger partial charge is 0.264 e. The van der Waals surface area contributed by atoms with Gasteiger partial charge in [0.25, 0.3) is 11.5 Å². The van der Waals surface area contributed by atoms with Gasteiger partial charge in [0.05, 0.1) is 19.3 Å². The summed E-state index contributed by atoms with van der Waals surface area (Å²) >= 11 is 3.34. The molecule has 0 radical (unpaired) electrons. The van der Waals surface area contributed by atoms with Gasteiger partial charge in [-0.25, -0.2) is 14.1 Å². The van der Waals surface area contributed by atoms with Gasteiger partial charge in [-0.3, -0.25) is 14.2 Å². The van der Waals surface area contributed by atoms with Gasteiger partial charge in [-0.15, -0.1) is 0 Å². The Balaban J connectivity index is 1.45.